The first-order valence-corrected chi connectivity index (χ1v) is 19.2. The molecule has 4 amide bonds. The highest BCUT2D eigenvalue weighted by Gasteiger charge is 2.30. The highest BCUT2D eigenvalue weighted by atomic mass is 19.1. The van der Waals surface area contributed by atoms with E-state index < -0.39 is 11.7 Å². The molecule has 0 spiro atoms. The summed E-state index contributed by atoms with van der Waals surface area (Å²) >= 11 is 0. The SMILES string of the molecule is CC.CN(C)C(=O)c1cc2c(-c3ccc(C4CCN(c5ccc(C6CCC(=O)NC6=O)cc5F)CC4)cc3)cc(C3=CCCN(C(=O)CCN)C3)c(F)c2[nH]1. The zero-order chi connectivity index (χ0) is 39.4. The first-order valence-electron chi connectivity index (χ1n) is 19.2. The third-order valence-corrected chi connectivity index (χ3v) is 10.8. The van der Waals surface area contributed by atoms with Gasteiger partial charge in [0.05, 0.1) is 17.1 Å². The highest BCUT2D eigenvalue weighted by molar-refractivity contribution is 6.04. The highest BCUT2D eigenvalue weighted by Crippen LogP contribution is 2.39. The van der Waals surface area contributed by atoms with Crippen LogP contribution in [0.2, 0.25) is 0 Å². The molecule has 4 aromatic rings. The van der Waals surface area contributed by atoms with Crippen LogP contribution < -0.4 is 16.0 Å². The van der Waals surface area contributed by atoms with Crippen molar-refractivity contribution in [1.29, 1.82) is 0 Å². The van der Waals surface area contributed by atoms with Crippen molar-refractivity contribution >= 4 is 45.8 Å². The van der Waals surface area contributed by atoms with Gasteiger partial charge in [0.1, 0.15) is 11.5 Å². The summed E-state index contributed by atoms with van der Waals surface area (Å²) in [6.45, 7) is 6.40. The molecule has 2 fully saturated rings. The minimum atomic E-state index is -0.533. The Kier molecular flexibility index (Phi) is 12.1. The molecule has 0 bridgehead atoms. The number of carbonyl (C=O) groups excluding carboxylic acids is 4. The Morgan fingerprint density at radius 3 is 2.27 bits per heavy atom. The molecule has 3 aromatic carbocycles. The first kappa shape index (κ1) is 39.3. The molecule has 55 heavy (non-hydrogen) atoms. The molecule has 1 unspecified atom stereocenters. The van der Waals surface area contributed by atoms with E-state index in [2.05, 4.69) is 22.4 Å². The normalized spacial score (nSPS) is 17.7. The number of amides is 4. The Hall–Kier alpha value is -5.36. The standard InChI is InChI=1S/C41H44F2N6O4.C2H6/c1-47(2)41(53)34-22-32-30(21-31(38(43)39(32)45-34)28-4-3-17-49(23-28)37(51)13-16-44)26-7-5-24(6-8-26)25-14-18-48(19-15-25)35-11-9-27(20-33(35)42)29-10-12-36(50)46-40(29)52;1-2/h4-9,11,20-22,25,29,45H,3,10,12-19,23,44H2,1-2H3,(H,46,50,52);1-2H3. The summed E-state index contributed by atoms with van der Waals surface area (Å²) < 4.78 is 31.7. The number of nitrogens with two attached hydrogens (primary N) is 1. The van der Waals surface area contributed by atoms with E-state index in [9.17, 15) is 19.2 Å². The van der Waals surface area contributed by atoms with E-state index in [1.807, 2.05) is 43.0 Å². The number of imide groups is 1. The zero-order valence-electron chi connectivity index (χ0n) is 32.0. The van der Waals surface area contributed by atoms with E-state index in [0.29, 0.717) is 60.2 Å². The number of carbonyl (C=O) groups is 4. The second-order valence-corrected chi connectivity index (χ2v) is 14.4. The van der Waals surface area contributed by atoms with Gasteiger partial charge in [-0.2, -0.15) is 0 Å². The van der Waals surface area contributed by atoms with E-state index in [4.69, 9.17) is 5.73 Å². The largest absolute Gasteiger partial charge is 0.369 e. The van der Waals surface area contributed by atoms with Crippen LogP contribution in [0.25, 0.3) is 27.6 Å². The number of halogens is 2. The Bertz CT molecular complexity index is 2120. The molecular weight excluding hydrogens is 703 g/mol. The third kappa shape index (κ3) is 8.19. The Morgan fingerprint density at radius 2 is 1.62 bits per heavy atom. The minimum absolute atomic E-state index is 0.0622. The van der Waals surface area contributed by atoms with Gasteiger partial charge in [0.15, 0.2) is 5.82 Å². The van der Waals surface area contributed by atoms with Gasteiger partial charge in [-0.15, -0.1) is 0 Å². The number of hydrogen-bond acceptors (Lipinski definition) is 6. The number of piperidine rings is 2. The molecular formula is C43H50F2N6O4. The minimum Gasteiger partial charge on any atom is -0.369 e. The lowest BCUT2D eigenvalue weighted by Crippen LogP contribution is -2.39. The van der Waals surface area contributed by atoms with E-state index in [1.54, 1.807) is 37.2 Å². The number of anilines is 1. The van der Waals surface area contributed by atoms with Crippen molar-refractivity contribution in [3.63, 3.8) is 0 Å². The van der Waals surface area contributed by atoms with E-state index in [-0.39, 0.29) is 72.5 Å². The lowest BCUT2D eigenvalue weighted by atomic mass is 9.87. The average molecular weight is 753 g/mol. The fourth-order valence-corrected chi connectivity index (χ4v) is 7.92. The molecule has 0 saturated carbocycles. The lowest BCUT2D eigenvalue weighted by molar-refractivity contribution is -0.134. The van der Waals surface area contributed by atoms with E-state index >= 15 is 8.78 Å². The number of nitrogens with zero attached hydrogens (tertiary/aromatic N) is 3. The number of fused-ring (bicyclic) bond motifs is 1. The van der Waals surface area contributed by atoms with Crippen LogP contribution in [0.15, 0.2) is 60.7 Å². The van der Waals surface area contributed by atoms with Gasteiger partial charge in [-0.05, 0) is 83.7 Å². The van der Waals surface area contributed by atoms with E-state index in [0.717, 1.165) is 29.5 Å². The van der Waals surface area contributed by atoms with Crippen LogP contribution in [0, 0.1) is 11.6 Å². The molecule has 2 saturated heterocycles. The summed E-state index contributed by atoms with van der Waals surface area (Å²) in [5.41, 5.74) is 11.1. The smallest absolute Gasteiger partial charge is 0.269 e. The van der Waals surface area contributed by atoms with Gasteiger partial charge in [0, 0.05) is 70.6 Å². The van der Waals surface area contributed by atoms with Gasteiger partial charge in [0.2, 0.25) is 17.7 Å². The van der Waals surface area contributed by atoms with Crippen molar-refractivity contribution in [2.75, 3.05) is 51.7 Å². The topological polar surface area (TPSA) is 132 Å². The number of aromatic nitrogens is 1. The van der Waals surface area contributed by atoms with Crippen molar-refractivity contribution in [3.8, 4) is 11.1 Å². The van der Waals surface area contributed by atoms with Gasteiger partial charge in [-0.3, -0.25) is 24.5 Å². The van der Waals surface area contributed by atoms with Crippen molar-refractivity contribution in [1.82, 2.24) is 20.1 Å². The summed E-state index contributed by atoms with van der Waals surface area (Å²) in [5.74, 6) is -2.13. The maximum absolute atomic E-state index is 16.3. The van der Waals surface area contributed by atoms with Crippen molar-refractivity contribution in [2.45, 2.75) is 64.2 Å². The Morgan fingerprint density at radius 1 is 0.909 bits per heavy atom. The fourth-order valence-electron chi connectivity index (χ4n) is 7.92. The summed E-state index contributed by atoms with van der Waals surface area (Å²) in [7, 11) is 3.30. The zero-order valence-corrected chi connectivity index (χ0v) is 32.0. The molecule has 4 heterocycles. The second kappa shape index (κ2) is 17.0. The predicted octanol–water partition coefficient (Wildman–Crippen LogP) is 6.71. The Balaban J connectivity index is 0.00000253. The number of benzene rings is 3. The number of hydrogen-bond donors (Lipinski definition) is 3. The van der Waals surface area contributed by atoms with Crippen molar-refractivity contribution in [3.05, 3.63) is 94.7 Å². The molecule has 290 valence electrons. The molecule has 3 aliphatic heterocycles. The van der Waals surface area contributed by atoms with Crippen LogP contribution in [0.1, 0.15) is 91.4 Å². The quantitative estimate of drug-likeness (QED) is 0.172. The third-order valence-electron chi connectivity index (χ3n) is 10.8. The van der Waals surface area contributed by atoms with Gasteiger partial charge < -0.3 is 25.4 Å². The maximum atomic E-state index is 16.3. The molecule has 7 rings (SSSR count). The Labute approximate surface area is 320 Å². The second-order valence-electron chi connectivity index (χ2n) is 14.4. The van der Waals surface area contributed by atoms with Crippen LogP contribution in [0.3, 0.4) is 0 Å². The molecule has 10 nitrogen and oxygen atoms in total. The van der Waals surface area contributed by atoms with Crippen molar-refractivity contribution < 1.29 is 28.0 Å². The molecule has 3 aliphatic rings. The molecule has 12 heteroatoms. The van der Waals surface area contributed by atoms with Crippen LogP contribution in [0.4, 0.5) is 14.5 Å². The maximum Gasteiger partial charge on any atom is 0.269 e. The van der Waals surface area contributed by atoms with Gasteiger partial charge >= 0.3 is 0 Å². The molecule has 1 aromatic heterocycles. The number of rotatable bonds is 8. The monoisotopic (exact) mass is 752 g/mol. The van der Waals surface area contributed by atoms with E-state index in [1.165, 1.54) is 11.0 Å². The predicted molar refractivity (Wildman–Crippen MR) is 212 cm³/mol. The summed E-state index contributed by atoms with van der Waals surface area (Å²) in [6, 6.07) is 16.7. The summed E-state index contributed by atoms with van der Waals surface area (Å²) in [6.07, 6.45) is 5.06. The first-order chi connectivity index (χ1) is 26.5. The number of H-pyrrole nitrogens is 1. The number of aromatic amines is 1. The van der Waals surface area contributed by atoms with Crippen molar-refractivity contribution in [2.24, 2.45) is 5.73 Å². The number of nitrogens with one attached hydrogen (secondary N) is 2. The van der Waals surface area contributed by atoms with Crippen LogP contribution in [-0.2, 0) is 14.4 Å². The fraction of sp³-hybridized carbons (Fsp3) is 0.395. The van der Waals surface area contributed by atoms with Gasteiger partial charge in [-0.1, -0.05) is 50.3 Å². The van der Waals surface area contributed by atoms with Crippen LogP contribution in [0.5, 0.6) is 0 Å². The molecule has 1 atom stereocenters. The van der Waals surface area contributed by atoms with Crippen LogP contribution in [-0.4, -0.2) is 85.2 Å². The molecule has 4 N–H and O–H groups in total. The van der Waals surface area contributed by atoms with Crippen LogP contribution >= 0.6 is 0 Å². The average Bonchev–Trinajstić information content (AvgIpc) is 3.65. The molecule has 0 radical (unpaired) electrons. The lowest BCUT2D eigenvalue weighted by Gasteiger charge is -2.34. The summed E-state index contributed by atoms with van der Waals surface area (Å²) in [4.78, 5) is 57.7. The van der Waals surface area contributed by atoms with Gasteiger partial charge in [0.25, 0.3) is 5.91 Å². The summed E-state index contributed by atoms with van der Waals surface area (Å²) in [5, 5.41) is 2.94. The molecule has 0 aliphatic carbocycles. The van der Waals surface area contributed by atoms with Gasteiger partial charge in [-0.25, -0.2) is 8.78 Å².